The van der Waals surface area contributed by atoms with E-state index in [1.54, 1.807) is 12.1 Å². The second kappa shape index (κ2) is 13.2. The van der Waals surface area contributed by atoms with Crippen molar-refractivity contribution in [1.82, 2.24) is 15.5 Å². The van der Waals surface area contributed by atoms with Gasteiger partial charge < -0.3 is 15.0 Å². The number of carbonyl (C=O) groups is 2. The van der Waals surface area contributed by atoms with Gasteiger partial charge >= 0.3 is 6.09 Å². The van der Waals surface area contributed by atoms with Gasteiger partial charge in [0.05, 0.1) is 11.7 Å². The molecule has 0 unspecified atom stereocenters. The van der Waals surface area contributed by atoms with Gasteiger partial charge in [-0.2, -0.15) is 0 Å². The number of ether oxygens (including phenoxy) is 1. The largest absolute Gasteiger partial charge is 0.412 e. The van der Waals surface area contributed by atoms with Crippen LogP contribution >= 0.6 is 0 Å². The highest BCUT2D eigenvalue weighted by Gasteiger charge is 2.50. The van der Waals surface area contributed by atoms with Gasteiger partial charge in [-0.1, -0.05) is 91.3 Å². The number of nitrogens with one attached hydrogen (secondary N) is 2. The SMILES string of the molecule is CC1CCC2(CC1)N[C@@H](CCNC(=O)Oc1ccccc1)C(=O)N2Cc1ccccc1.Cc1ccccc1. The minimum atomic E-state index is -0.501. The molecule has 5 rings (SSSR count). The summed E-state index contributed by atoms with van der Waals surface area (Å²) in [7, 11) is 0. The highest BCUT2D eigenvalue weighted by molar-refractivity contribution is 5.85. The van der Waals surface area contributed by atoms with Gasteiger partial charge in [-0.05, 0) is 62.6 Å². The smallest absolute Gasteiger partial charge is 0.410 e. The standard InChI is InChI=1S/C25H31N3O3.C7H8/c1-19-12-15-25(16-13-19)27-22(23(29)28(25)18-20-8-4-2-5-9-20)14-17-26-24(30)31-21-10-6-3-7-11-21;1-7-5-3-2-4-6-7/h2-11,19,22,27H,12-18H2,1H3,(H,26,30);2-6H,1H3/t19?,22-,25?;/m0./s1. The van der Waals surface area contributed by atoms with Crippen LogP contribution in [0.25, 0.3) is 0 Å². The molecule has 2 fully saturated rings. The number of benzene rings is 3. The fourth-order valence-electron chi connectivity index (χ4n) is 5.19. The monoisotopic (exact) mass is 513 g/mol. The van der Waals surface area contributed by atoms with Gasteiger partial charge in [0.25, 0.3) is 0 Å². The molecule has 1 saturated carbocycles. The number of rotatable bonds is 6. The molecule has 2 N–H and O–H groups in total. The van der Waals surface area contributed by atoms with Crippen molar-refractivity contribution in [3.63, 3.8) is 0 Å². The summed E-state index contributed by atoms with van der Waals surface area (Å²) in [5, 5.41) is 6.42. The Balaban J connectivity index is 0.000000417. The zero-order chi connectivity index (χ0) is 26.8. The minimum absolute atomic E-state index is 0.122. The van der Waals surface area contributed by atoms with Gasteiger partial charge in [-0.3, -0.25) is 10.1 Å². The summed E-state index contributed by atoms with van der Waals surface area (Å²) in [4.78, 5) is 27.4. The first kappa shape index (κ1) is 27.4. The predicted octanol–water partition coefficient (Wildman–Crippen LogP) is 6.07. The van der Waals surface area contributed by atoms with Gasteiger partial charge in [0.1, 0.15) is 5.75 Å². The Kier molecular flexibility index (Phi) is 9.55. The number of hydrogen-bond donors (Lipinski definition) is 2. The van der Waals surface area contributed by atoms with Crippen molar-refractivity contribution in [1.29, 1.82) is 0 Å². The van der Waals surface area contributed by atoms with Gasteiger partial charge in [-0.15, -0.1) is 0 Å². The number of para-hydroxylation sites is 1. The Labute approximate surface area is 226 Å². The van der Waals surface area contributed by atoms with Crippen LogP contribution in [0.3, 0.4) is 0 Å². The van der Waals surface area contributed by atoms with Crippen LogP contribution in [0.15, 0.2) is 91.0 Å². The molecule has 0 radical (unpaired) electrons. The molecule has 1 aliphatic carbocycles. The Bertz CT molecular complexity index is 1150. The zero-order valence-electron chi connectivity index (χ0n) is 22.4. The molecule has 6 heteroatoms. The molecular formula is C32H39N3O3. The number of nitrogens with zero attached hydrogens (tertiary/aromatic N) is 1. The maximum Gasteiger partial charge on any atom is 0.412 e. The summed E-state index contributed by atoms with van der Waals surface area (Å²) >= 11 is 0. The Morgan fingerprint density at radius 1 is 0.947 bits per heavy atom. The molecule has 1 saturated heterocycles. The van der Waals surface area contributed by atoms with Crippen LogP contribution in [0.2, 0.25) is 0 Å². The van der Waals surface area contributed by atoms with Crippen molar-refractivity contribution >= 4 is 12.0 Å². The van der Waals surface area contributed by atoms with Crippen molar-refractivity contribution in [2.45, 2.75) is 64.2 Å². The summed E-state index contributed by atoms with van der Waals surface area (Å²) in [5.74, 6) is 1.31. The van der Waals surface area contributed by atoms with Crippen molar-refractivity contribution in [2.75, 3.05) is 6.54 Å². The Morgan fingerprint density at radius 2 is 1.53 bits per heavy atom. The number of aryl methyl sites for hydroxylation is 1. The molecule has 2 amide bonds. The van der Waals surface area contributed by atoms with Gasteiger partial charge in [0.2, 0.25) is 5.91 Å². The lowest BCUT2D eigenvalue weighted by molar-refractivity contribution is -0.134. The van der Waals surface area contributed by atoms with Crippen molar-refractivity contribution in [3.05, 3.63) is 102 Å². The van der Waals surface area contributed by atoms with Crippen LogP contribution < -0.4 is 15.4 Å². The molecule has 2 aliphatic rings. The minimum Gasteiger partial charge on any atom is -0.410 e. The van der Waals surface area contributed by atoms with Crippen LogP contribution in [0.5, 0.6) is 5.75 Å². The van der Waals surface area contributed by atoms with E-state index >= 15 is 0 Å². The van der Waals surface area contributed by atoms with E-state index in [1.807, 2.05) is 59.5 Å². The molecule has 1 aliphatic heterocycles. The fourth-order valence-corrected chi connectivity index (χ4v) is 5.19. The quantitative estimate of drug-likeness (QED) is 0.420. The molecule has 3 aromatic rings. The van der Waals surface area contributed by atoms with E-state index in [0.29, 0.717) is 31.2 Å². The number of hydrogen-bond acceptors (Lipinski definition) is 4. The third kappa shape index (κ3) is 7.45. The third-order valence-electron chi connectivity index (χ3n) is 7.41. The first-order chi connectivity index (χ1) is 18.4. The van der Waals surface area contributed by atoms with E-state index in [-0.39, 0.29) is 17.6 Å². The highest BCUT2D eigenvalue weighted by Crippen LogP contribution is 2.39. The van der Waals surface area contributed by atoms with Crippen LogP contribution in [-0.2, 0) is 11.3 Å². The van der Waals surface area contributed by atoms with Crippen molar-refractivity contribution in [2.24, 2.45) is 5.92 Å². The number of carbonyl (C=O) groups excluding carboxylic acids is 2. The van der Waals surface area contributed by atoms with E-state index in [1.165, 1.54) is 5.56 Å². The maximum atomic E-state index is 13.4. The highest BCUT2D eigenvalue weighted by atomic mass is 16.6. The lowest BCUT2D eigenvalue weighted by Gasteiger charge is -2.43. The maximum absolute atomic E-state index is 13.4. The van der Waals surface area contributed by atoms with Gasteiger partial charge in [0, 0.05) is 13.1 Å². The average Bonchev–Trinajstić information content (AvgIpc) is 3.18. The first-order valence-corrected chi connectivity index (χ1v) is 13.6. The molecule has 3 aromatic carbocycles. The summed E-state index contributed by atoms with van der Waals surface area (Å²) < 4.78 is 5.26. The molecule has 1 heterocycles. The first-order valence-electron chi connectivity index (χ1n) is 13.6. The van der Waals surface area contributed by atoms with Crippen molar-refractivity contribution < 1.29 is 14.3 Å². The lowest BCUT2D eigenvalue weighted by Crippen LogP contribution is -2.54. The summed E-state index contributed by atoms with van der Waals surface area (Å²) in [6.07, 6.45) is 4.18. The normalized spacial score (nSPS) is 22.5. The molecule has 1 spiro atoms. The fraction of sp³-hybridized carbons (Fsp3) is 0.375. The van der Waals surface area contributed by atoms with Crippen LogP contribution in [-0.4, -0.2) is 35.1 Å². The molecule has 1 atom stereocenters. The summed E-state index contributed by atoms with van der Waals surface area (Å²) in [5.41, 5.74) is 2.18. The van der Waals surface area contributed by atoms with Gasteiger partial charge in [-0.25, -0.2) is 4.79 Å². The van der Waals surface area contributed by atoms with E-state index in [0.717, 1.165) is 31.2 Å². The second-order valence-electron chi connectivity index (χ2n) is 10.4. The van der Waals surface area contributed by atoms with E-state index < -0.39 is 6.09 Å². The van der Waals surface area contributed by atoms with Crippen LogP contribution in [0, 0.1) is 12.8 Å². The van der Waals surface area contributed by atoms with Gasteiger partial charge in [0.15, 0.2) is 0 Å². The predicted molar refractivity (Wildman–Crippen MR) is 151 cm³/mol. The van der Waals surface area contributed by atoms with E-state index in [4.69, 9.17) is 4.74 Å². The summed E-state index contributed by atoms with van der Waals surface area (Å²) in [6, 6.07) is 29.1. The molecule has 38 heavy (non-hydrogen) atoms. The lowest BCUT2D eigenvalue weighted by atomic mass is 9.82. The molecule has 0 bridgehead atoms. The molecule has 200 valence electrons. The zero-order valence-corrected chi connectivity index (χ0v) is 22.4. The van der Waals surface area contributed by atoms with E-state index in [9.17, 15) is 9.59 Å². The molecular weight excluding hydrogens is 474 g/mol. The third-order valence-corrected chi connectivity index (χ3v) is 7.41. The Morgan fingerprint density at radius 3 is 2.11 bits per heavy atom. The second-order valence-corrected chi connectivity index (χ2v) is 10.4. The summed E-state index contributed by atoms with van der Waals surface area (Å²) in [6.45, 7) is 5.35. The Hall–Kier alpha value is -3.64. The van der Waals surface area contributed by atoms with Crippen LogP contribution in [0.1, 0.15) is 50.2 Å². The van der Waals surface area contributed by atoms with Crippen molar-refractivity contribution in [3.8, 4) is 5.75 Å². The topological polar surface area (TPSA) is 70.7 Å². The number of amides is 2. The van der Waals surface area contributed by atoms with E-state index in [2.05, 4.69) is 48.7 Å². The average molecular weight is 514 g/mol. The molecule has 0 aromatic heterocycles. The molecule has 6 nitrogen and oxygen atoms in total. The van der Waals surface area contributed by atoms with Crippen LogP contribution in [0.4, 0.5) is 4.79 Å².